The Balaban J connectivity index is 1.53. The normalized spacial score (nSPS) is 17.1. The van der Waals surface area contributed by atoms with Crippen LogP contribution in [0.3, 0.4) is 0 Å². The lowest BCUT2D eigenvalue weighted by atomic mass is 10.1. The predicted molar refractivity (Wildman–Crippen MR) is 109 cm³/mol. The smallest absolute Gasteiger partial charge is 0.243 e. The summed E-state index contributed by atoms with van der Waals surface area (Å²) in [4.78, 5) is 14.5. The van der Waals surface area contributed by atoms with Crippen molar-refractivity contribution >= 4 is 15.9 Å². The van der Waals surface area contributed by atoms with E-state index in [-0.39, 0.29) is 29.9 Å². The van der Waals surface area contributed by atoms with Crippen LogP contribution in [0.2, 0.25) is 0 Å². The summed E-state index contributed by atoms with van der Waals surface area (Å²) in [5.74, 6) is -0.556. The molecule has 2 aromatic rings. The second-order valence-corrected chi connectivity index (χ2v) is 9.21. The third-order valence-electron chi connectivity index (χ3n) is 5.24. The number of carbonyl (C=O) groups is 1. The Morgan fingerprint density at radius 1 is 1.03 bits per heavy atom. The number of rotatable bonds is 6. The van der Waals surface area contributed by atoms with Crippen LogP contribution in [0, 0.1) is 12.7 Å². The molecule has 2 aromatic carbocycles. The standard InChI is InChI=1S/C21H26FN3O3S/c1-16-3-5-18(6-4-16)15-23-21(26)17(2)24-11-13-25(14-12-24)29(27,28)20-9-7-19(22)8-10-20/h3-10,17H,11-15H2,1-2H3,(H,23,26)/t17-/m1/s1. The fourth-order valence-corrected chi connectivity index (χ4v) is 4.72. The van der Waals surface area contributed by atoms with E-state index in [1.54, 1.807) is 0 Å². The van der Waals surface area contributed by atoms with Gasteiger partial charge in [-0.25, -0.2) is 12.8 Å². The van der Waals surface area contributed by atoms with Gasteiger partial charge in [-0.2, -0.15) is 4.31 Å². The van der Waals surface area contributed by atoms with E-state index in [0.717, 1.165) is 17.7 Å². The maximum Gasteiger partial charge on any atom is 0.243 e. The number of sulfonamides is 1. The molecule has 0 aliphatic carbocycles. The molecule has 1 fully saturated rings. The number of hydrogen-bond acceptors (Lipinski definition) is 4. The number of nitrogens with one attached hydrogen (secondary N) is 1. The van der Waals surface area contributed by atoms with Gasteiger partial charge in [0.2, 0.25) is 15.9 Å². The summed E-state index contributed by atoms with van der Waals surface area (Å²) >= 11 is 0. The van der Waals surface area contributed by atoms with Crippen molar-refractivity contribution in [3.63, 3.8) is 0 Å². The highest BCUT2D eigenvalue weighted by atomic mass is 32.2. The Labute approximate surface area is 171 Å². The van der Waals surface area contributed by atoms with Crippen molar-refractivity contribution in [3.8, 4) is 0 Å². The highest BCUT2D eigenvalue weighted by molar-refractivity contribution is 7.89. The van der Waals surface area contributed by atoms with Gasteiger partial charge in [-0.3, -0.25) is 9.69 Å². The molecule has 0 spiro atoms. The summed E-state index contributed by atoms with van der Waals surface area (Å²) in [6.07, 6.45) is 0. The fraction of sp³-hybridized carbons (Fsp3) is 0.381. The molecule has 0 unspecified atom stereocenters. The van der Waals surface area contributed by atoms with E-state index < -0.39 is 15.8 Å². The van der Waals surface area contributed by atoms with Gasteiger partial charge >= 0.3 is 0 Å². The molecule has 1 heterocycles. The zero-order chi connectivity index (χ0) is 21.0. The van der Waals surface area contributed by atoms with E-state index in [2.05, 4.69) is 5.32 Å². The van der Waals surface area contributed by atoms with E-state index >= 15 is 0 Å². The summed E-state index contributed by atoms with van der Waals surface area (Å²) < 4.78 is 39.8. The first-order chi connectivity index (χ1) is 13.8. The number of benzene rings is 2. The van der Waals surface area contributed by atoms with Crippen LogP contribution in [-0.2, 0) is 21.4 Å². The number of carbonyl (C=O) groups excluding carboxylic acids is 1. The summed E-state index contributed by atoms with van der Waals surface area (Å²) in [7, 11) is -3.66. The number of nitrogens with zero attached hydrogens (tertiary/aromatic N) is 2. The number of amides is 1. The van der Waals surface area contributed by atoms with E-state index in [0.29, 0.717) is 19.6 Å². The lowest BCUT2D eigenvalue weighted by Crippen LogP contribution is -2.54. The average Bonchev–Trinajstić information content (AvgIpc) is 2.73. The Kier molecular flexibility index (Phi) is 6.66. The minimum atomic E-state index is -3.66. The highest BCUT2D eigenvalue weighted by Crippen LogP contribution is 2.19. The van der Waals surface area contributed by atoms with E-state index in [1.807, 2.05) is 43.0 Å². The van der Waals surface area contributed by atoms with Gasteiger partial charge in [0.15, 0.2) is 0 Å². The van der Waals surface area contributed by atoms with Crippen molar-refractivity contribution in [2.75, 3.05) is 26.2 Å². The Hall–Kier alpha value is -2.29. The molecule has 1 N–H and O–H groups in total. The largest absolute Gasteiger partial charge is 0.351 e. The number of hydrogen-bond donors (Lipinski definition) is 1. The summed E-state index contributed by atoms with van der Waals surface area (Å²) in [5.41, 5.74) is 2.20. The van der Waals surface area contributed by atoms with Crippen LogP contribution in [0.5, 0.6) is 0 Å². The molecule has 0 aromatic heterocycles. The van der Waals surface area contributed by atoms with Crippen molar-refractivity contribution in [2.45, 2.75) is 31.3 Å². The molecule has 1 saturated heterocycles. The Morgan fingerprint density at radius 2 is 1.62 bits per heavy atom. The topological polar surface area (TPSA) is 69.7 Å². The first-order valence-corrected chi connectivity index (χ1v) is 11.0. The van der Waals surface area contributed by atoms with Gasteiger partial charge in [0, 0.05) is 32.7 Å². The summed E-state index contributed by atoms with van der Waals surface area (Å²) in [6, 6.07) is 12.5. The highest BCUT2D eigenvalue weighted by Gasteiger charge is 2.31. The Morgan fingerprint density at radius 3 is 2.21 bits per heavy atom. The first-order valence-electron chi connectivity index (χ1n) is 9.60. The van der Waals surface area contributed by atoms with Crippen molar-refractivity contribution in [1.82, 2.24) is 14.5 Å². The monoisotopic (exact) mass is 419 g/mol. The quantitative estimate of drug-likeness (QED) is 0.779. The molecule has 3 rings (SSSR count). The van der Waals surface area contributed by atoms with Crippen LogP contribution in [0.1, 0.15) is 18.1 Å². The van der Waals surface area contributed by atoms with Gasteiger partial charge in [-0.05, 0) is 43.7 Å². The average molecular weight is 420 g/mol. The van der Waals surface area contributed by atoms with Crippen LogP contribution in [0.15, 0.2) is 53.4 Å². The third kappa shape index (κ3) is 5.20. The SMILES string of the molecule is Cc1ccc(CNC(=O)[C@@H](C)N2CCN(S(=O)(=O)c3ccc(F)cc3)CC2)cc1. The molecule has 1 aliphatic rings. The molecule has 0 radical (unpaired) electrons. The van der Waals surface area contributed by atoms with E-state index in [4.69, 9.17) is 0 Å². The van der Waals surface area contributed by atoms with Gasteiger partial charge in [0.05, 0.1) is 10.9 Å². The first kappa shape index (κ1) is 21.4. The Bertz CT molecular complexity index is 938. The summed E-state index contributed by atoms with van der Waals surface area (Å²) in [6.45, 7) is 5.79. The lowest BCUT2D eigenvalue weighted by molar-refractivity contribution is -0.126. The van der Waals surface area contributed by atoms with Gasteiger partial charge in [-0.15, -0.1) is 0 Å². The molecule has 1 aliphatic heterocycles. The molecule has 1 amide bonds. The molecule has 0 saturated carbocycles. The van der Waals surface area contributed by atoms with Crippen molar-refractivity contribution in [2.24, 2.45) is 0 Å². The molecule has 1 atom stereocenters. The van der Waals surface area contributed by atoms with Crippen LogP contribution < -0.4 is 5.32 Å². The second kappa shape index (κ2) is 9.02. The minimum absolute atomic E-state index is 0.0799. The van der Waals surface area contributed by atoms with Crippen LogP contribution in [0.4, 0.5) is 4.39 Å². The molecule has 0 bridgehead atoms. The maximum atomic E-state index is 13.1. The van der Waals surface area contributed by atoms with E-state index in [9.17, 15) is 17.6 Å². The van der Waals surface area contributed by atoms with Crippen LogP contribution >= 0.6 is 0 Å². The van der Waals surface area contributed by atoms with Gasteiger partial charge in [0.25, 0.3) is 0 Å². The zero-order valence-electron chi connectivity index (χ0n) is 16.6. The number of halogens is 1. The molecule has 8 heteroatoms. The van der Waals surface area contributed by atoms with Crippen molar-refractivity contribution in [3.05, 3.63) is 65.5 Å². The van der Waals surface area contributed by atoms with Gasteiger partial charge in [-0.1, -0.05) is 29.8 Å². The predicted octanol–water partition coefficient (Wildman–Crippen LogP) is 2.15. The number of aryl methyl sites for hydroxylation is 1. The molecular formula is C21H26FN3O3S. The second-order valence-electron chi connectivity index (χ2n) is 7.27. The molecular weight excluding hydrogens is 393 g/mol. The zero-order valence-corrected chi connectivity index (χ0v) is 17.5. The number of piperazine rings is 1. The van der Waals surface area contributed by atoms with Crippen LogP contribution in [0.25, 0.3) is 0 Å². The van der Waals surface area contributed by atoms with Crippen molar-refractivity contribution in [1.29, 1.82) is 0 Å². The maximum absolute atomic E-state index is 13.1. The van der Waals surface area contributed by atoms with Gasteiger partial charge in [0.1, 0.15) is 5.82 Å². The van der Waals surface area contributed by atoms with Crippen molar-refractivity contribution < 1.29 is 17.6 Å². The van der Waals surface area contributed by atoms with Gasteiger partial charge < -0.3 is 5.32 Å². The lowest BCUT2D eigenvalue weighted by Gasteiger charge is -2.36. The minimum Gasteiger partial charge on any atom is -0.351 e. The summed E-state index contributed by atoms with van der Waals surface area (Å²) in [5, 5.41) is 2.94. The van der Waals surface area contributed by atoms with Crippen LogP contribution in [-0.4, -0.2) is 55.8 Å². The fourth-order valence-electron chi connectivity index (χ4n) is 3.30. The van der Waals surface area contributed by atoms with E-state index in [1.165, 1.54) is 22.0 Å². The third-order valence-corrected chi connectivity index (χ3v) is 7.15. The molecule has 29 heavy (non-hydrogen) atoms. The molecule has 156 valence electrons. The molecule has 6 nitrogen and oxygen atoms in total.